The predicted octanol–water partition coefficient (Wildman–Crippen LogP) is 2.85. The number of thiazole rings is 1. The molecule has 0 radical (unpaired) electrons. The Morgan fingerprint density at radius 2 is 2.00 bits per heavy atom. The van der Waals surface area contributed by atoms with Crippen LogP contribution in [-0.4, -0.2) is 46.8 Å². The molecule has 1 aromatic carbocycles. The van der Waals surface area contributed by atoms with E-state index >= 15 is 0 Å². The van der Waals surface area contributed by atoms with Crippen molar-refractivity contribution in [2.45, 2.75) is 31.6 Å². The maximum absolute atomic E-state index is 13.1. The predicted molar refractivity (Wildman–Crippen MR) is 111 cm³/mol. The van der Waals surface area contributed by atoms with Crippen LogP contribution >= 0.6 is 11.3 Å². The Balaban J connectivity index is 1.43. The first kappa shape index (κ1) is 20.6. The first-order valence-corrected chi connectivity index (χ1v) is 11.8. The summed E-state index contributed by atoms with van der Waals surface area (Å²) in [7, 11) is -3.69. The molecule has 11 heteroatoms. The maximum atomic E-state index is 13.1. The summed E-state index contributed by atoms with van der Waals surface area (Å²) in [5, 5.41) is 9.11. The average Bonchev–Trinajstić information content (AvgIpc) is 3.36. The van der Waals surface area contributed by atoms with Crippen molar-refractivity contribution in [3.8, 4) is 11.4 Å². The molecule has 1 saturated heterocycles. The van der Waals surface area contributed by atoms with E-state index in [1.165, 1.54) is 15.6 Å². The number of anilines is 1. The van der Waals surface area contributed by atoms with E-state index in [1.54, 1.807) is 31.2 Å². The number of nitrogens with one attached hydrogen (secondary N) is 1. The third-order valence-electron chi connectivity index (χ3n) is 4.93. The molecule has 1 aliphatic rings. The lowest BCUT2D eigenvalue weighted by molar-refractivity contribution is -0.120. The molecule has 0 saturated carbocycles. The minimum Gasteiger partial charge on any atom is -0.339 e. The number of carbonyl (C=O) groups excluding carboxylic acids is 1. The SMILES string of the molecule is Cc1csc(NC(=O)C2CCN(S(=O)(=O)c3cccc(-c4noc(C)n4)c3)CC2)n1. The molecule has 0 aliphatic carbocycles. The van der Waals surface area contributed by atoms with Crippen LogP contribution in [0.15, 0.2) is 39.1 Å². The van der Waals surface area contributed by atoms with Crippen molar-refractivity contribution in [1.29, 1.82) is 0 Å². The van der Waals surface area contributed by atoms with Gasteiger partial charge in [0, 0.05) is 36.9 Å². The summed E-state index contributed by atoms with van der Waals surface area (Å²) in [6.45, 7) is 4.10. The van der Waals surface area contributed by atoms with Crippen LogP contribution in [0.2, 0.25) is 0 Å². The molecule has 3 aromatic rings. The molecular weight excluding hydrogens is 426 g/mol. The van der Waals surface area contributed by atoms with Gasteiger partial charge in [0.25, 0.3) is 0 Å². The van der Waals surface area contributed by atoms with Crippen molar-refractivity contribution in [2.24, 2.45) is 5.92 Å². The lowest BCUT2D eigenvalue weighted by atomic mass is 9.97. The van der Waals surface area contributed by atoms with Gasteiger partial charge in [-0.2, -0.15) is 9.29 Å². The van der Waals surface area contributed by atoms with E-state index in [1.807, 2.05) is 12.3 Å². The zero-order valence-corrected chi connectivity index (χ0v) is 18.2. The van der Waals surface area contributed by atoms with E-state index in [0.29, 0.717) is 35.3 Å². The number of carbonyl (C=O) groups is 1. The summed E-state index contributed by atoms with van der Waals surface area (Å²) in [4.78, 5) is 21.0. The second kappa shape index (κ2) is 8.25. The van der Waals surface area contributed by atoms with E-state index < -0.39 is 10.0 Å². The first-order valence-electron chi connectivity index (χ1n) is 9.47. The Bertz CT molecular complexity index is 1160. The van der Waals surface area contributed by atoms with Gasteiger partial charge >= 0.3 is 0 Å². The van der Waals surface area contributed by atoms with Crippen LogP contribution in [0, 0.1) is 19.8 Å². The highest BCUT2D eigenvalue weighted by Gasteiger charge is 2.32. The molecule has 0 spiro atoms. The minimum absolute atomic E-state index is 0.115. The third-order valence-corrected chi connectivity index (χ3v) is 7.70. The summed E-state index contributed by atoms with van der Waals surface area (Å²) in [5.41, 5.74) is 1.43. The molecule has 0 bridgehead atoms. The van der Waals surface area contributed by atoms with Gasteiger partial charge in [-0.3, -0.25) is 4.79 Å². The van der Waals surface area contributed by atoms with E-state index in [-0.39, 0.29) is 29.8 Å². The number of hydrogen-bond donors (Lipinski definition) is 1. The number of rotatable bonds is 5. The van der Waals surface area contributed by atoms with Crippen LogP contribution in [0.3, 0.4) is 0 Å². The second-order valence-electron chi connectivity index (χ2n) is 7.13. The average molecular weight is 448 g/mol. The van der Waals surface area contributed by atoms with Gasteiger partial charge in [0.1, 0.15) is 0 Å². The molecule has 1 fully saturated rings. The van der Waals surface area contributed by atoms with E-state index in [0.717, 1.165) is 5.69 Å². The van der Waals surface area contributed by atoms with Gasteiger partial charge in [0.2, 0.25) is 27.6 Å². The van der Waals surface area contributed by atoms with Gasteiger partial charge in [-0.15, -0.1) is 11.3 Å². The zero-order chi connectivity index (χ0) is 21.3. The van der Waals surface area contributed by atoms with Gasteiger partial charge in [-0.05, 0) is 31.9 Å². The highest BCUT2D eigenvalue weighted by molar-refractivity contribution is 7.89. The van der Waals surface area contributed by atoms with Crippen molar-refractivity contribution in [2.75, 3.05) is 18.4 Å². The van der Waals surface area contributed by atoms with Crippen molar-refractivity contribution in [3.05, 3.63) is 41.2 Å². The van der Waals surface area contributed by atoms with Crippen LogP contribution in [0.5, 0.6) is 0 Å². The molecule has 4 rings (SSSR count). The number of piperidine rings is 1. The van der Waals surface area contributed by atoms with Crippen LogP contribution < -0.4 is 5.32 Å². The van der Waals surface area contributed by atoms with Crippen LogP contribution in [0.25, 0.3) is 11.4 Å². The Hall–Kier alpha value is -2.63. The normalized spacial score (nSPS) is 15.9. The monoisotopic (exact) mass is 447 g/mol. The molecular formula is C19H21N5O4S2. The minimum atomic E-state index is -3.69. The van der Waals surface area contributed by atoms with Gasteiger partial charge in [0.05, 0.1) is 10.6 Å². The summed E-state index contributed by atoms with van der Waals surface area (Å²) < 4.78 is 32.6. The standard InChI is InChI=1S/C19H21N5O4S2/c1-12-11-29-19(20-12)22-18(25)14-6-8-24(9-7-14)30(26,27)16-5-3-4-15(10-16)17-21-13(2)28-23-17/h3-5,10-11,14H,6-9H2,1-2H3,(H,20,22,25). The zero-order valence-electron chi connectivity index (χ0n) is 16.5. The summed E-state index contributed by atoms with van der Waals surface area (Å²) >= 11 is 1.38. The van der Waals surface area contributed by atoms with Crippen molar-refractivity contribution < 1.29 is 17.7 Å². The maximum Gasteiger partial charge on any atom is 0.243 e. The number of sulfonamides is 1. The van der Waals surface area contributed by atoms with Gasteiger partial charge < -0.3 is 9.84 Å². The summed E-state index contributed by atoms with van der Waals surface area (Å²) in [6.07, 6.45) is 0.915. The molecule has 0 atom stereocenters. The van der Waals surface area contributed by atoms with E-state index in [4.69, 9.17) is 4.52 Å². The number of aromatic nitrogens is 3. The van der Waals surface area contributed by atoms with Crippen LogP contribution in [0.4, 0.5) is 5.13 Å². The molecule has 30 heavy (non-hydrogen) atoms. The molecule has 158 valence electrons. The van der Waals surface area contributed by atoms with Crippen LogP contribution in [-0.2, 0) is 14.8 Å². The highest BCUT2D eigenvalue weighted by atomic mass is 32.2. The Labute approximate surface area is 178 Å². The van der Waals surface area contributed by atoms with E-state index in [2.05, 4.69) is 20.4 Å². The molecule has 0 unspecified atom stereocenters. The molecule has 2 aromatic heterocycles. The largest absolute Gasteiger partial charge is 0.339 e. The summed E-state index contributed by atoms with van der Waals surface area (Å²) in [6, 6.07) is 6.49. The van der Waals surface area contributed by atoms with Crippen molar-refractivity contribution in [3.63, 3.8) is 0 Å². The Morgan fingerprint density at radius 1 is 1.23 bits per heavy atom. The van der Waals surface area contributed by atoms with Gasteiger partial charge in [-0.1, -0.05) is 17.3 Å². The molecule has 9 nitrogen and oxygen atoms in total. The van der Waals surface area contributed by atoms with Gasteiger partial charge in [-0.25, -0.2) is 13.4 Å². The fourth-order valence-electron chi connectivity index (χ4n) is 3.34. The second-order valence-corrected chi connectivity index (χ2v) is 9.92. The Kier molecular flexibility index (Phi) is 5.67. The first-order chi connectivity index (χ1) is 14.3. The third kappa shape index (κ3) is 4.27. The Morgan fingerprint density at radius 3 is 2.63 bits per heavy atom. The smallest absolute Gasteiger partial charge is 0.243 e. The molecule has 1 amide bonds. The number of amides is 1. The van der Waals surface area contributed by atoms with E-state index in [9.17, 15) is 13.2 Å². The highest BCUT2D eigenvalue weighted by Crippen LogP contribution is 2.27. The number of hydrogen-bond acceptors (Lipinski definition) is 8. The molecule has 1 N–H and O–H groups in total. The van der Waals surface area contributed by atoms with Gasteiger partial charge in [0.15, 0.2) is 5.13 Å². The number of aryl methyl sites for hydroxylation is 2. The van der Waals surface area contributed by atoms with Crippen LogP contribution in [0.1, 0.15) is 24.4 Å². The number of nitrogens with zero attached hydrogens (tertiary/aromatic N) is 4. The lowest BCUT2D eigenvalue weighted by Crippen LogP contribution is -2.41. The topological polar surface area (TPSA) is 118 Å². The van der Waals surface area contributed by atoms with Crippen molar-refractivity contribution in [1.82, 2.24) is 19.4 Å². The lowest BCUT2D eigenvalue weighted by Gasteiger charge is -2.30. The fourth-order valence-corrected chi connectivity index (χ4v) is 5.55. The molecule has 3 heterocycles. The molecule has 1 aliphatic heterocycles. The van der Waals surface area contributed by atoms with Crippen molar-refractivity contribution >= 4 is 32.4 Å². The fraction of sp³-hybridized carbons (Fsp3) is 0.368. The quantitative estimate of drug-likeness (QED) is 0.639. The number of benzene rings is 1. The summed E-state index contributed by atoms with van der Waals surface area (Å²) in [5.74, 6) is 0.397.